The fraction of sp³-hybridized carbons (Fsp3) is 0.471. The second-order valence-corrected chi connectivity index (χ2v) is 5.09. The number of ether oxygens (including phenoxy) is 1. The van der Waals surface area contributed by atoms with Crippen molar-refractivity contribution in [2.45, 2.75) is 20.3 Å². The van der Waals surface area contributed by atoms with E-state index in [-0.39, 0.29) is 18.4 Å². The molecule has 4 heteroatoms. The number of aryl methyl sites for hydroxylation is 1. The molecule has 4 nitrogen and oxygen atoms in total. The van der Waals surface area contributed by atoms with Crippen LogP contribution in [0.2, 0.25) is 0 Å². The van der Waals surface area contributed by atoms with E-state index >= 15 is 0 Å². The predicted molar refractivity (Wildman–Crippen MR) is 83.1 cm³/mol. The molecule has 114 valence electrons. The summed E-state index contributed by atoms with van der Waals surface area (Å²) in [4.78, 5) is 12.2. The molecule has 0 aliphatic rings. The van der Waals surface area contributed by atoms with Crippen molar-refractivity contribution in [2.75, 3.05) is 26.9 Å². The fourth-order valence-corrected chi connectivity index (χ4v) is 1.88. The molecule has 1 unspecified atom stereocenters. The maximum atomic E-state index is 12.2. The summed E-state index contributed by atoms with van der Waals surface area (Å²) in [5.41, 5.74) is 2.31. The first-order valence-corrected chi connectivity index (χ1v) is 7.06. The number of aliphatic hydroxyl groups is 1. The molecule has 0 radical (unpaired) electrons. The highest BCUT2D eigenvalue weighted by Gasteiger charge is 2.11. The first-order valence-electron chi connectivity index (χ1n) is 7.06. The van der Waals surface area contributed by atoms with Crippen molar-refractivity contribution in [3.63, 3.8) is 0 Å². The van der Waals surface area contributed by atoms with Crippen molar-refractivity contribution in [1.82, 2.24) is 5.32 Å². The Morgan fingerprint density at radius 2 is 2.24 bits per heavy atom. The standard InChI is InChI=1S/C17H23NO3/c1-13-7-8-16(15(10-13)6-4-5-9-19)17(20)18-11-14(2)12-21-3/h7-8,10,14,19H,5,9,11-12H2,1-3H3,(H,18,20). The van der Waals surface area contributed by atoms with Gasteiger partial charge in [0.2, 0.25) is 0 Å². The van der Waals surface area contributed by atoms with Crippen LogP contribution in [0, 0.1) is 24.7 Å². The van der Waals surface area contributed by atoms with Gasteiger partial charge in [0.1, 0.15) is 0 Å². The summed E-state index contributed by atoms with van der Waals surface area (Å²) in [6.45, 7) is 5.16. The van der Waals surface area contributed by atoms with Gasteiger partial charge in [0.15, 0.2) is 0 Å². The van der Waals surface area contributed by atoms with Gasteiger partial charge in [0, 0.05) is 25.6 Å². The Hall–Kier alpha value is -1.83. The molecular formula is C17H23NO3. The molecule has 1 amide bonds. The van der Waals surface area contributed by atoms with Crippen LogP contribution in [-0.4, -0.2) is 37.9 Å². The van der Waals surface area contributed by atoms with Crippen molar-refractivity contribution >= 4 is 5.91 Å². The van der Waals surface area contributed by atoms with Gasteiger partial charge < -0.3 is 15.2 Å². The lowest BCUT2D eigenvalue weighted by molar-refractivity contribution is 0.0934. The molecule has 0 spiro atoms. The number of carbonyl (C=O) groups is 1. The summed E-state index contributed by atoms with van der Waals surface area (Å²) in [5, 5.41) is 11.7. The zero-order valence-electron chi connectivity index (χ0n) is 12.9. The number of benzene rings is 1. The highest BCUT2D eigenvalue weighted by molar-refractivity contribution is 5.96. The van der Waals surface area contributed by atoms with Gasteiger partial charge in [-0.15, -0.1) is 0 Å². The van der Waals surface area contributed by atoms with Crippen LogP contribution in [0.5, 0.6) is 0 Å². The lowest BCUT2D eigenvalue weighted by Crippen LogP contribution is -2.30. The average Bonchev–Trinajstić information content (AvgIpc) is 2.45. The molecule has 0 aliphatic carbocycles. The van der Waals surface area contributed by atoms with E-state index in [0.717, 1.165) is 5.56 Å². The number of hydrogen-bond acceptors (Lipinski definition) is 3. The molecular weight excluding hydrogens is 266 g/mol. The summed E-state index contributed by atoms with van der Waals surface area (Å²) >= 11 is 0. The Morgan fingerprint density at radius 3 is 2.90 bits per heavy atom. The van der Waals surface area contributed by atoms with E-state index in [9.17, 15) is 4.79 Å². The Labute approximate surface area is 126 Å². The van der Waals surface area contributed by atoms with Gasteiger partial charge in [0.25, 0.3) is 5.91 Å². The summed E-state index contributed by atoms with van der Waals surface area (Å²) in [6, 6.07) is 5.57. The van der Waals surface area contributed by atoms with E-state index in [1.54, 1.807) is 13.2 Å². The van der Waals surface area contributed by atoms with E-state index in [1.807, 2.05) is 26.0 Å². The second kappa shape index (κ2) is 9.17. The van der Waals surface area contributed by atoms with E-state index in [4.69, 9.17) is 9.84 Å². The molecule has 0 saturated heterocycles. The Bertz CT molecular complexity index is 529. The van der Waals surface area contributed by atoms with Gasteiger partial charge >= 0.3 is 0 Å². The number of carbonyl (C=O) groups excluding carboxylic acids is 1. The minimum atomic E-state index is -0.133. The number of methoxy groups -OCH3 is 1. The van der Waals surface area contributed by atoms with E-state index in [1.165, 1.54) is 0 Å². The van der Waals surface area contributed by atoms with Gasteiger partial charge in [-0.25, -0.2) is 0 Å². The first-order chi connectivity index (χ1) is 10.1. The monoisotopic (exact) mass is 289 g/mol. The van der Waals surface area contributed by atoms with Crippen LogP contribution in [0.4, 0.5) is 0 Å². The number of nitrogens with one attached hydrogen (secondary N) is 1. The van der Waals surface area contributed by atoms with Gasteiger partial charge in [-0.2, -0.15) is 0 Å². The van der Waals surface area contributed by atoms with Crippen LogP contribution in [0.15, 0.2) is 18.2 Å². The normalized spacial score (nSPS) is 11.4. The predicted octanol–water partition coefficient (Wildman–Crippen LogP) is 1.74. The smallest absolute Gasteiger partial charge is 0.252 e. The maximum Gasteiger partial charge on any atom is 0.252 e. The Kier molecular flexibility index (Phi) is 7.52. The van der Waals surface area contributed by atoms with Gasteiger partial charge in [-0.1, -0.05) is 24.8 Å². The highest BCUT2D eigenvalue weighted by atomic mass is 16.5. The SMILES string of the molecule is COCC(C)CNC(=O)c1ccc(C)cc1C#CCCO. The lowest BCUT2D eigenvalue weighted by atomic mass is 10.0. The van der Waals surface area contributed by atoms with Crippen LogP contribution < -0.4 is 5.32 Å². The van der Waals surface area contributed by atoms with Crippen molar-refractivity contribution < 1.29 is 14.6 Å². The molecule has 0 aromatic heterocycles. The first kappa shape index (κ1) is 17.2. The molecule has 0 fully saturated rings. The number of hydrogen-bond donors (Lipinski definition) is 2. The molecule has 1 aromatic carbocycles. The third-order valence-corrected chi connectivity index (χ3v) is 2.94. The minimum Gasteiger partial charge on any atom is -0.395 e. The average molecular weight is 289 g/mol. The molecule has 21 heavy (non-hydrogen) atoms. The van der Waals surface area contributed by atoms with Gasteiger partial charge in [-0.3, -0.25) is 4.79 Å². The second-order valence-electron chi connectivity index (χ2n) is 5.09. The Balaban J connectivity index is 2.81. The molecule has 1 aromatic rings. The summed E-state index contributed by atoms with van der Waals surface area (Å²) in [6.07, 6.45) is 0.403. The molecule has 0 saturated carbocycles. The quantitative estimate of drug-likeness (QED) is 0.784. The Morgan fingerprint density at radius 1 is 1.48 bits per heavy atom. The van der Waals surface area contributed by atoms with Crippen LogP contribution in [0.25, 0.3) is 0 Å². The van der Waals surface area contributed by atoms with E-state index in [2.05, 4.69) is 17.2 Å². The molecule has 1 rings (SSSR count). The molecule has 2 N–H and O–H groups in total. The minimum absolute atomic E-state index is 0.0227. The van der Waals surface area contributed by atoms with Crippen molar-refractivity contribution in [2.24, 2.45) is 5.92 Å². The summed E-state index contributed by atoms with van der Waals surface area (Å²) < 4.78 is 5.05. The van der Waals surface area contributed by atoms with E-state index in [0.29, 0.717) is 30.7 Å². The van der Waals surface area contributed by atoms with Crippen LogP contribution >= 0.6 is 0 Å². The molecule has 0 heterocycles. The zero-order valence-corrected chi connectivity index (χ0v) is 12.9. The number of amides is 1. The summed E-state index contributed by atoms with van der Waals surface area (Å²) in [7, 11) is 1.65. The zero-order chi connectivity index (χ0) is 15.7. The number of aliphatic hydroxyl groups excluding tert-OH is 1. The van der Waals surface area contributed by atoms with Crippen molar-refractivity contribution in [3.8, 4) is 11.8 Å². The van der Waals surface area contributed by atoms with Crippen LogP contribution in [0.1, 0.15) is 34.8 Å². The van der Waals surface area contributed by atoms with Crippen molar-refractivity contribution in [3.05, 3.63) is 34.9 Å². The van der Waals surface area contributed by atoms with Crippen LogP contribution in [0.3, 0.4) is 0 Å². The molecule has 1 atom stereocenters. The molecule has 0 bridgehead atoms. The summed E-state index contributed by atoms with van der Waals surface area (Å²) in [5.74, 6) is 5.94. The largest absolute Gasteiger partial charge is 0.395 e. The topological polar surface area (TPSA) is 58.6 Å². The van der Waals surface area contributed by atoms with Crippen molar-refractivity contribution in [1.29, 1.82) is 0 Å². The van der Waals surface area contributed by atoms with Gasteiger partial charge in [-0.05, 0) is 30.5 Å². The van der Waals surface area contributed by atoms with E-state index < -0.39 is 0 Å². The third kappa shape index (κ3) is 5.99. The third-order valence-electron chi connectivity index (χ3n) is 2.94. The van der Waals surface area contributed by atoms with Crippen LogP contribution in [-0.2, 0) is 4.74 Å². The highest BCUT2D eigenvalue weighted by Crippen LogP contribution is 2.11. The lowest BCUT2D eigenvalue weighted by Gasteiger charge is -2.12. The maximum absolute atomic E-state index is 12.2. The number of rotatable bonds is 6. The molecule has 0 aliphatic heterocycles. The fourth-order valence-electron chi connectivity index (χ4n) is 1.88. The van der Waals surface area contributed by atoms with Gasteiger partial charge in [0.05, 0.1) is 18.8 Å².